The van der Waals surface area contributed by atoms with Crippen LogP contribution in [0, 0.1) is 5.41 Å². The van der Waals surface area contributed by atoms with Crippen LogP contribution in [0.5, 0.6) is 0 Å². The minimum atomic E-state index is -0.536. The van der Waals surface area contributed by atoms with Crippen molar-refractivity contribution in [2.24, 2.45) is 5.41 Å². The van der Waals surface area contributed by atoms with Crippen LogP contribution in [-0.2, 0) is 0 Å². The molecule has 2 heteroatoms. The molecule has 0 fully saturated rings. The van der Waals surface area contributed by atoms with E-state index >= 15 is 0 Å². The van der Waals surface area contributed by atoms with Gasteiger partial charge in [0.2, 0.25) is 0 Å². The molecule has 0 atom stereocenters. The van der Waals surface area contributed by atoms with E-state index in [4.69, 9.17) is 5.11 Å². The van der Waals surface area contributed by atoms with E-state index in [9.17, 15) is 5.11 Å². The Morgan fingerprint density at radius 1 is 0.812 bits per heavy atom. The predicted molar refractivity (Wildman–Crippen MR) is 69.5 cm³/mol. The summed E-state index contributed by atoms with van der Waals surface area (Å²) in [6, 6.07) is 0. The average Bonchev–Trinajstić information content (AvgIpc) is 2.34. The Morgan fingerprint density at radius 2 is 1.31 bits per heavy atom. The average molecular weight is 230 g/mol. The zero-order chi connectivity index (χ0) is 12.7. The van der Waals surface area contributed by atoms with Gasteiger partial charge in [-0.3, -0.25) is 0 Å². The normalized spacial score (nSPS) is 13.1. The Morgan fingerprint density at radius 3 is 1.62 bits per heavy atom. The molecule has 2 N–H and O–H groups in total. The van der Waals surface area contributed by atoms with Crippen molar-refractivity contribution < 1.29 is 10.2 Å². The van der Waals surface area contributed by atoms with Gasteiger partial charge in [0.1, 0.15) is 0 Å². The summed E-state index contributed by atoms with van der Waals surface area (Å²) in [6.07, 6.45) is 6.58. The van der Waals surface area contributed by atoms with E-state index in [2.05, 4.69) is 27.7 Å². The highest BCUT2D eigenvalue weighted by Crippen LogP contribution is 2.46. The van der Waals surface area contributed by atoms with Crippen molar-refractivity contribution in [2.45, 2.75) is 78.2 Å². The third-order valence-electron chi connectivity index (χ3n) is 4.57. The Bertz CT molecular complexity index is 170. The molecule has 0 aromatic carbocycles. The van der Waals surface area contributed by atoms with E-state index in [1.54, 1.807) is 0 Å². The minimum Gasteiger partial charge on any atom is -0.396 e. The topological polar surface area (TPSA) is 40.5 Å². The molecule has 0 amide bonds. The maximum absolute atomic E-state index is 10.8. The van der Waals surface area contributed by atoms with Crippen LogP contribution < -0.4 is 0 Å². The molecule has 0 spiro atoms. The van der Waals surface area contributed by atoms with Gasteiger partial charge in [0.15, 0.2) is 0 Å². The molecule has 0 saturated heterocycles. The monoisotopic (exact) mass is 230 g/mol. The molecule has 0 aromatic rings. The van der Waals surface area contributed by atoms with Gasteiger partial charge in [0, 0.05) is 6.61 Å². The molecular weight excluding hydrogens is 200 g/mol. The van der Waals surface area contributed by atoms with Crippen molar-refractivity contribution in [1.82, 2.24) is 0 Å². The van der Waals surface area contributed by atoms with E-state index in [0.29, 0.717) is 0 Å². The second-order valence-corrected chi connectivity index (χ2v) is 4.91. The van der Waals surface area contributed by atoms with Gasteiger partial charge in [0.05, 0.1) is 5.60 Å². The van der Waals surface area contributed by atoms with Gasteiger partial charge in [-0.1, -0.05) is 34.1 Å². The first-order valence-electron chi connectivity index (χ1n) is 6.89. The minimum absolute atomic E-state index is 0.0334. The second-order valence-electron chi connectivity index (χ2n) is 4.91. The summed E-state index contributed by atoms with van der Waals surface area (Å²) in [4.78, 5) is 0. The van der Waals surface area contributed by atoms with Gasteiger partial charge in [-0.2, -0.15) is 0 Å². The molecule has 0 unspecified atom stereocenters. The maximum Gasteiger partial charge on any atom is 0.0698 e. The van der Waals surface area contributed by atoms with Gasteiger partial charge in [0.25, 0.3) is 0 Å². The Kier molecular flexibility index (Phi) is 7.25. The Hall–Kier alpha value is -0.0800. The van der Waals surface area contributed by atoms with Crippen LogP contribution in [0.3, 0.4) is 0 Å². The Labute approximate surface area is 101 Å². The van der Waals surface area contributed by atoms with Crippen LogP contribution in [0.4, 0.5) is 0 Å². The largest absolute Gasteiger partial charge is 0.396 e. The van der Waals surface area contributed by atoms with Crippen LogP contribution in [-0.4, -0.2) is 22.4 Å². The fraction of sp³-hybridized carbons (Fsp3) is 1.00. The van der Waals surface area contributed by atoms with E-state index in [1.165, 1.54) is 0 Å². The van der Waals surface area contributed by atoms with Crippen LogP contribution in [0.1, 0.15) is 72.6 Å². The lowest BCUT2D eigenvalue weighted by Crippen LogP contribution is -2.47. The SMILES string of the molecule is CCC(O)(CC)C(CC)(CC)CCCCO. The van der Waals surface area contributed by atoms with Crippen molar-refractivity contribution in [3.05, 3.63) is 0 Å². The highest BCUT2D eigenvalue weighted by molar-refractivity contribution is 4.95. The quantitative estimate of drug-likeness (QED) is 0.595. The van der Waals surface area contributed by atoms with Crippen LogP contribution in [0.2, 0.25) is 0 Å². The summed E-state index contributed by atoms with van der Waals surface area (Å²) >= 11 is 0. The first-order valence-corrected chi connectivity index (χ1v) is 6.89. The molecule has 0 saturated carbocycles. The van der Waals surface area contributed by atoms with Gasteiger partial charge in [-0.15, -0.1) is 0 Å². The number of unbranched alkanes of at least 4 members (excludes halogenated alkanes) is 1. The lowest BCUT2D eigenvalue weighted by atomic mass is 9.63. The standard InChI is InChI=1S/C14H30O2/c1-5-13(6-2,11-9-10-12-15)14(16,7-3)8-4/h15-16H,5-12H2,1-4H3. The molecule has 0 aliphatic heterocycles. The molecule has 0 aromatic heterocycles. The van der Waals surface area contributed by atoms with Crippen molar-refractivity contribution in [2.75, 3.05) is 6.61 Å². The lowest BCUT2D eigenvalue weighted by Gasteiger charge is -2.46. The number of rotatable bonds is 9. The molecule has 0 rings (SSSR count). The number of aliphatic hydroxyl groups excluding tert-OH is 1. The first-order chi connectivity index (χ1) is 7.55. The number of aliphatic hydroxyl groups is 2. The highest BCUT2D eigenvalue weighted by Gasteiger charge is 2.44. The molecule has 98 valence electrons. The van der Waals surface area contributed by atoms with Crippen LogP contribution in [0.25, 0.3) is 0 Å². The summed E-state index contributed by atoms with van der Waals surface area (Å²) in [7, 11) is 0. The van der Waals surface area contributed by atoms with Crippen LogP contribution >= 0.6 is 0 Å². The summed E-state index contributed by atoms with van der Waals surface area (Å²) in [5.74, 6) is 0. The zero-order valence-corrected chi connectivity index (χ0v) is 11.6. The fourth-order valence-corrected chi connectivity index (χ4v) is 3.07. The number of hydrogen-bond acceptors (Lipinski definition) is 2. The highest BCUT2D eigenvalue weighted by atomic mass is 16.3. The summed E-state index contributed by atoms with van der Waals surface area (Å²) in [5.41, 5.74) is -0.502. The van der Waals surface area contributed by atoms with E-state index in [1.807, 2.05) is 0 Å². The van der Waals surface area contributed by atoms with Gasteiger partial charge in [-0.25, -0.2) is 0 Å². The molecule has 0 radical (unpaired) electrons. The molecule has 0 aliphatic carbocycles. The maximum atomic E-state index is 10.8. The molecule has 2 nitrogen and oxygen atoms in total. The van der Waals surface area contributed by atoms with Gasteiger partial charge < -0.3 is 10.2 Å². The third-order valence-corrected chi connectivity index (χ3v) is 4.57. The third kappa shape index (κ3) is 3.21. The first kappa shape index (κ1) is 15.9. The fourth-order valence-electron chi connectivity index (χ4n) is 3.07. The van der Waals surface area contributed by atoms with Crippen molar-refractivity contribution in [1.29, 1.82) is 0 Å². The van der Waals surface area contributed by atoms with Crippen molar-refractivity contribution in [3.63, 3.8) is 0 Å². The summed E-state index contributed by atoms with van der Waals surface area (Å²) in [6.45, 7) is 8.78. The van der Waals surface area contributed by atoms with Crippen LogP contribution in [0.15, 0.2) is 0 Å². The molecule has 0 aliphatic rings. The van der Waals surface area contributed by atoms with Gasteiger partial charge >= 0.3 is 0 Å². The Balaban J connectivity index is 4.77. The van der Waals surface area contributed by atoms with Crippen molar-refractivity contribution in [3.8, 4) is 0 Å². The van der Waals surface area contributed by atoms with E-state index in [-0.39, 0.29) is 12.0 Å². The molecule has 0 heterocycles. The zero-order valence-electron chi connectivity index (χ0n) is 11.6. The molecule has 16 heavy (non-hydrogen) atoms. The van der Waals surface area contributed by atoms with E-state index in [0.717, 1.165) is 44.9 Å². The number of hydrogen-bond donors (Lipinski definition) is 2. The lowest BCUT2D eigenvalue weighted by molar-refractivity contribution is -0.102. The molecule has 0 bridgehead atoms. The summed E-state index contributed by atoms with van der Waals surface area (Å²) in [5, 5.41) is 19.6. The van der Waals surface area contributed by atoms with Crippen molar-refractivity contribution >= 4 is 0 Å². The molecular formula is C14H30O2. The van der Waals surface area contributed by atoms with Gasteiger partial charge in [-0.05, 0) is 43.9 Å². The van der Waals surface area contributed by atoms with E-state index < -0.39 is 5.60 Å². The smallest absolute Gasteiger partial charge is 0.0698 e. The second kappa shape index (κ2) is 7.29. The summed E-state index contributed by atoms with van der Waals surface area (Å²) < 4.78 is 0. The predicted octanol–water partition coefficient (Wildman–Crippen LogP) is 3.51.